The minimum atomic E-state index is 0.352. The maximum Gasteiger partial charge on any atom is 0.130 e. The van der Waals surface area contributed by atoms with Gasteiger partial charge >= 0.3 is 0 Å². The first-order valence-corrected chi connectivity index (χ1v) is 10.4. The summed E-state index contributed by atoms with van der Waals surface area (Å²) in [6.45, 7) is 4.78. The van der Waals surface area contributed by atoms with Crippen molar-refractivity contribution in [2.24, 2.45) is 0 Å². The number of hydrogen-bond donors (Lipinski definition) is 1. The van der Waals surface area contributed by atoms with Crippen LogP contribution in [-0.2, 0) is 0 Å². The maximum atomic E-state index is 10.3. The molecular weight excluding hydrogens is 348 g/mol. The van der Waals surface area contributed by atoms with Gasteiger partial charge in [-0.2, -0.15) is 0 Å². The molecule has 1 aliphatic heterocycles. The third-order valence-corrected chi connectivity index (χ3v) is 6.35. The van der Waals surface area contributed by atoms with Crippen molar-refractivity contribution in [2.75, 3.05) is 24.7 Å². The number of phenols is 1. The van der Waals surface area contributed by atoms with Gasteiger partial charge in [-0.3, -0.25) is 0 Å². The van der Waals surface area contributed by atoms with Crippen LogP contribution in [0, 0.1) is 0 Å². The van der Waals surface area contributed by atoms with Crippen LogP contribution in [-0.4, -0.2) is 35.3 Å². The molecule has 0 saturated carbocycles. The number of para-hydroxylation sites is 1. The Bertz CT molecular complexity index is 736. The van der Waals surface area contributed by atoms with Crippen molar-refractivity contribution in [3.05, 3.63) is 55.1 Å². The number of rotatable bonds is 5. The third kappa shape index (κ3) is 4.00. The Balaban J connectivity index is 2.07. The Morgan fingerprint density at radius 3 is 2.76 bits per heavy atom. The highest BCUT2D eigenvalue weighted by Gasteiger charge is 2.28. The predicted octanol–water partition coefficient (Wildman–Crippen LogP) is 5.54. The highest BCUT2D eigenvalue weighted by Crippen LogP contribution is 2.45. The van der Waals surface area contributed by atoms with E-state index in [-0.39, 0.29) is 0 Å². The zero-order chi connectivity index (χ0) is 17.8. The molecule has 1 aliphatic rings. The Morgan fingerprint density at radius 1 is 1.32 bits per heavy atom. The number of aromatic hydroxyl groups is 1. The molecule has 3 nitrogen and oxygen atoms in total. The van der Waals surface area contributed by atoms with E-state index in [1.165, 1.54) is 5.69 Å². The predicted molar refractivity (Wildman–Crippen MR) is 110 cm³/mol. The standard InChI is InChI=1S/C20H24N2OS2/c1-4-5-9-16-14-22(15-10-7-6-8-11-15)17-12-20(24-3)18(23)13-19(17)25-21(16)2/h4,6-8,10-13,16,23H,1,5,9,14H2,2-3H3. The molecule has 132 valence electrons. The number of fused-ring (bicyclic) bond motifs is 1. The molecule has 1 heterocycles. The monoisotopic (exact) mass is 372 g/mol. The van der Waals surface area contributed by atoms with Gasteiger partial charge in [-0.05, 0) is 62.4 Å². The Morgan fingerprint density at radius 2 is 2.08 bits per heavy atom. The van der Waals surface area contributed by atoms with E-state index >= 15 is 0 Å². The van der Waals surface area contributed by atoms with Gasteiger partial charge in [-0.25, -0.2) is 4.31 Å². The molecule has 0 aromatic heterocycles. The summed E-state index contributed by atoms with van der Waals surface area (Å²) in [7, 11) is 2.14. The van der Waals surface area contributed by atoms with Crippen molar-refractivity contribution >= 4 is 35.1 Å². The SMILES string of the molecule is C=CCCC1CN(c2ccccc2)c2cc(SC)c(O)cc2SN1C. The lowest BCUT2D eigenvalue weighted by Crippen LogP contribution is -2.35. The van der Waals surface area contributed by atoms with Gasteiger partial charge < -0.3 is 10.0 Å². The van der Waals surface area contributed by atoms with Crippen LogP contribution >= 0.6 is 23.7 Å². The molecule has 0 spiro atoms. The molecule has 0 radical (unpaired) electrons. The zero-order valence-corrected chi connectivity index (χ0v) is 16.3. The second-order valence-electron chi connectivity index (χ2n) is 6.10. The third-order valence-electron chi connectivity index (χ3n) is 4.47. The van der Waals surface area contributed by atoms with Gasteiger partial charge in [0.1, 0.15) is 5.75 Å². The molecule has 3 rings (SSSR count). The van der Waals surface area contributed by atoms with Crippen molar-refractivity contribution in [1.29, 1.82) is 0 Å². The van der Waals surface area contributed by atoms with Crippen LogP contribution < -0.4 is 4.90 Å². The summed E-state index contributed by atoms with van der Waals surface area (Å²) in [6.07, 6.45) is 6.04. The average Bonchev–Trinajstić information content (AvgIpc) is 2.76. The van der Waals surface area contributed by atoms with Crippen LogP contribution in [0.2, 0.25) is 0 Å². The molecule has 2 aromatic carbocycles. The molecule has 1 atom stereocenters. The largest absolute Gasteiger partial charge is 0.507 e. The number of anilines is 2. The van der Waals surface area contributed by atoms with Crippen molar-refractivity contribution in [3.8, 4) is 5.75 Å². The molecule has 0 fully saturated rings. The zero-order valence-electron chi connectivity index (χ0n) is 14.7. The molecular formula is C20H24N2OS2. The van der Waals surface area contributed by atoms with Crippen molar-refractivity contribution < 1.29 is 5.11 Å². The van der Waals surface area contributed by atoms with E-state index in [0.717, 1.165) is 34.9 Å². The number of hydrogen-bond acceptors (Lipinski definition) is 5. The normalized spacial score (nSPS) is 17.8. The Labute approximate surface area is 158 Å². The lowest BCUT2D eigenvalue weighted by molar-refractivity contribution is 0.395. The van der Waals surface area contributed by atoms with Gasteiger partial charge in [0.2, 0.25) is 0 Å². The van der Waals surface area contributed by atoms with Gasteiger partial charge in [0, 0.05) is 18.3 Å². The molecule has 25 heavy (non-hydrogen) atoms. The van der Waals surface area contributed by atoms with Gasteiger partial charge in [0.25, 0.3) is 0 Å². The minimum absolute atomic E-state index is 0.352. The van der Waals surface area contributed by atoms with Crippen molar-refractivity contribution in [2.45, 2.75) is 28.7 Å². The lowest BCUT2D eigenvalue weighted by atomic mass is 10.1. The van der Waals surface area contributed by atoms with E-state index in [0.29, 0.717) is 11.8 Å². The quantitative estimate of drug-likeness (QED) is 0.422. The first-order valence-electron chi connectivity index (χ1n) is 8.39. The molecule has 0 amide bonds. The molecule has 2 aromatic rings. The van der Waals surface area contributed by atoms with Crippen LogP contribution in [0.15, 0.2) is 64.9 Å². The van der Waals surface area contributed by atoms with Crippen LogP contribution in [0.1, 0.15) is 12.8 Å². The van der Waals surface area contributed by atoms with E-state index in [1.54, 1.807) is 23.7 Å². The van der Waals surface area contributed by atoms with Crippen LogP contribution in [0.3, 0.4) is 0 Å². The fourth-order valence-electron chi connectivity index (χ4n) is 3.08. The second-order valence-corrected chi connectivity index (χ2v) is 8.14. The van der Waals surface area contributed by atoms with Gasteiger partial charge in [-0.15, -0.1) is 18.3 Å². The molecule has 5 heteroatoms. The topological polar surface area (TPSA) is 26.7 Å². The summed E-state index contributed by atoms with van der Waals surface area (Å²) in [4.78, 5) is 4.37. The number of thioether (sulfide) groups is 1. The smallest absolute Gasteiger partial charge is 0.130 e. The molecule has 1 N–H and O–H groups in total. The number of allylic oxidation sites excluding steroid dienone is 1. The van der Waals surface area contributed by atoms with E-state index in [9.17, 15) is 5.11 Å². The van der Waals surface area contributed by atoms with Gasteiger partial charge in [0.15, 0.2) is 0 Å². The molecule has 0 aliphatic carbocycles. The van der Waals surface area contributed by atoms with Crippen LogP contribution in [0.4, 0.5) is 11.4 Å². The highest BCUT2D eigenvalue weighted by atomic mass is 32.2. The number of likely N-dealkylation sites (N-methyl/N-ethyl adjacent to an activating group) is 1. The summed E-state index contributed by atoms with van der Waals surface area (Å²) >= 11 is 3.29. The molecule has 1 unspecified atom stereocenters. The average molecular weight is 373 g/mol. The first kappa shape index (κ1) is 18.2. The van der Waals surface area contributed by atoms with Crippen LogP contribution in [0.25, 0.3) is 0 Å². The minimum Gasteiger partial charge on any atom is -0.507 e. The Hall–Kier alpha value is -1.56. The van der Waals surface area contributed by atoms with E-state index in [1.807, 2.05) is 24.5 Å². The highest BCUT2D eigenvalue weighted by molar-refractivity contribution is 7.98. The van der Waals surface area contributed by atoms with Gasteiger partial charge in [0.05, 0.1) is 15.5 Å². The summed E-state index contributed by atoms with van der Waals surface area (Å²) in [5.74, 6) is 0.352. The lowest BCUT2D eigenvalue weighted by Gasteiger charge is -2.29. The van der Waals surface area contributed by atoms with E-state index in [2.05, 4.69) is 53.2 Å². The maximum absolute atomic E-state index is 10.3. The number of phenolic OH excluding ortho intramolecular Hbond substituents is 1. The summed E-state index contributed by atoms with van der Waals surface area (Å²) in [5.41, 5.74) is 2.34. The van der Waals surface area contributed by atoms with Gasteiger partial charge in [-0.1, -0.05) is 24.3 Å². The Kier molecular flexibility index (Phi) is 5.99. The van der Waals surface area contributed by atoms with Crippen molar-refractivity contribution in [1.82, 2.24) is 4.31 Å². The summed E-state index contributed by atoms with van der Waals surface area (Å²) < 4.78 is 2.31. The van der Waals surface area contributed by atoms with E-state index in [4.69, 9.17) is 0 Å². The van der Waals surface area contributed by atoms with E-state index < -0.39 is 0 Å². The first-order chi connectivity index (χ1) is 12.1. The number of benzene rings is 2. The van der Waals surface area contributed by atoms with Crippen LogP contribution in [0.5, 0.6) is 5.75 Å². The summed E-state index contributed by atoms with van der Waals surface area (Å²) in [5, 5.41) is 10.3. The number of nitrogens with zero attached hydrogens (tertiary/aromatic N) is 2. The second kappa shape index (κ2) is 8.21. The fraction of sp³-hybridized carbons (Fsp3) is 0.300. The molecule has 0 saturated heterocycles. The van der Waals surface area contributed by atoms with Crippen molar-refractivity contribution in [3.63, 3.8) is 0 Å². The fourth-order valence-corrected chi connectivity index (χ4v) is 4.63. The molecule has 0 bridgehead atoms. The summed E-state index contributed by atoms with van der Waals surface area (Å²) in [6, 6.07) is 14.9.